The summed E-state index contributed by atoms with van der Waals surface area (Å²) in [6.45, 7) is 16.6. The first kappa shape index (κ1) is 23.9. The Morgan fingerprint density at radius 1 is 1.32 bits per heavy atom. The van der Waals surface area contributed by atoms with Crippen LogP contribution in [0.2, 0.25) is 0 Å². The normalized spacial score (nSPS) is 27.9. The van der Waals surface area contributed by atoms with Gasteiger partial charge in [-0.05, 0) is 50.8 Å². The first-order valence-electron chi connectivity index (χ1n) is 11.4. The number of piperazine rings is 1. The van der Waals surface area contributed by atoms with Crippen molar-refractivity contribution >= 4 is 17.7 Å². The number of carbonyl (C=O) groups excluding carboxylic acids is 1. The minimum atomic E-state index is -0.654. The van der Waals surface area contributed by atoms with Crippen molar-refractivity contribution in [2.75, 3.05) is 38.5 Å². The molecule has 1 aromatic rings. The van der Waals surface area contributed by atoms with Crippen LogP contribution in [-0.4, -0.2) is 76.3 Å². The van der Waals surface area contributed by atoms with E-state index in [0.29, 0.717) is 19.1 Å². The maximum Gasteiger partial charge on any atom is 0.235 e. The van der Waals surface area contributed by atoms with E-state index in [1.807, 2.05) is 37.0 Å². The average Bonchev–Trinajstić information content (AvgIpc) is 3.23. The number of rotatable bonds is 8. The van der Waals surface area contributed by atoms with E-state index < -0.39 is 5.41 Å². The van der Waals surface area contributed by atoms with Gasteiger partial charge < -0.3 is 10.0 Å². The second-order valence-electron chi connectivity index (χ2n) is 8.77. The zero-order valence-electron chi connectivity index (χ0n) is 19.3. The molecule has 31 heavy (non-hydrogen) atoms. The molecule has 170 valence electrons. The van der Waals surface area contributed by atoms with E-state index in [1.54, 1.807) is 17.8 Å². The van der Waals surface area contributed by atoms with Gasteiger partial charge in [-0.3, -0.25) is 14.6 Å². The third-order valence-corrected chi connectivity index (χ3v) is 7.74. The monoisotopic (exact) mass is 443 g/mol. The lowest BCUT2D eigenvalue weighted by molar-refractivity contribution is -0.143. The molecule has 1 N–H and O–H groups in total. The molecule has 4 atom stereocenters. The number of benzene rings is 1. The lowest BCUT2D eigenvalue weighted by Gasteiger charge is -2.51. The van der Waals surface area contributed by atoms with Crippen molar-refractivity contribution in [3.05, 3.63) is 54.0 Å². The van der Waals surface area contributed by atoms with Crippen LogP contribution in [0.15, 0.2) is 48.4 Å². The summed E-state index contributed by atoms with van der Waals surface area (Å²) in [4.78, 5) is 20.9. The van der Waals surface area contributed by atoms with E-state index in [9.17, 15) is 9.90 Å². The molecule has 1 unspecified atom stereocenters. The molecule has 5 nitrogen and oxygen atoms in total. The van der Waals surface area contributed by atoms with Crippen molar-refractivity contribution in [2.45, 2.75) is 45.8 Å². The van der Waals surface area contributed by atoms with Crippen LogP contribution in [0, 0.1) is 5.41 Å². The Morgan fingerprint density at radius 3 is 2.65 bits per heavy atom. The number of carbonyl (C=O) groups is 1. The van der Waals surface area contributed by atoms with Crippen molar-refractivity contribution in [1.82, 2.24) is 14.7 Å². The Hall–Kier alpha value is -1.76. The quantitative estimate of drug-likeness (QED) is 0.612. The number of nitrogens with zero attached hydrogens (tertiary/aromatic N) is 3. The predicted molar refractivity (Wildman–Crippen MR) is 130 cm³/mol. The van der Waals surface area contributed by atoms with Crippen LogP contribution in [-0.2, 0) is 4.79 Å². The van der Waals surface area contributed by atoms with Crippen LogP contribution in [0.3, 0.4) is 0 Å². The summed E-state index contributed by atoms with van der Waals surface area (Å²) in [7, 11) is 0. The smallest absolute Gasteiger partial charge is 0.235 e. The SMILES string of the molecule is C=CCN1C[C@@H](C)N([C@H](c2cccc(O)c2)C2(C(=O)N(CC)CC)C=CSC2)C[C@@H]1C. The molecule has 0 radical (unpaired) electrons. The van der Waals surface area contributed by atoms with Gasteiger partial charge in [0.25, 0.3) is 0 Å². The molecule has 3 rings (SSSR count). The minimum absolute atomic E-state index is 0.137. The molecular weight excluding hydrogens is 406 g/mol. The molecule has 1 aromatic carbocycles. The Kier molecular flexibility index (Phi) is 7.89. The van der Waals surface area contributed by atoms with E-state index in [0.717, 1.165) is 31.0 Å². The molecule has 1 amide bonds. The van der Waals surface area contributed by atoms with Gasteiger partial charge in [0.1, 0.15) is 5.75 Å². The Morgan fingerprint density at radius 2 is 2.06 bits per heavy atom. The Labute approximate surface area is 191 Å². The molecule has 2 heterocycles. The van der Waals surface area contributed by atoms with Crippen molar-refractivity contribution in [2.24, 2.45) is 5.41 Å². The molecule has 0 saturated carbocycles. The summed E-state index contributed by atoms with van der Waals surface area (Å²) in [6.07, 6.45) is 4.09. The van der Waals surface area contributed by atoms with Crippen molar-refractivity contribution in [3.63, 3.8) is 0 Å². The van der Waals surface area contributed by atoms with E-state index in [-0.39, 0.29) is 23.7 Å². The molecule has 1 fully saturated rings. The summed E-state index contributed by atoms with van der Waals surface area (Å²) in [5.74, 6) is 1.14. The van der Waals surface area contributed by atoms with E-state index >= 15 is 0 Å². The highest BCUT2D eigenvalue weighted by molar-refractivity contribution is 8.02. The lowest BCUT2D eigenvalue weighted by atomic mass is 9.75. The molecule has 1 saturated heterocycles. The van der Waals surface area contributed by atoms with Crippen molar-refractivity contribution < 1.29 is 9.90 Å². The molecule has 0 aliphatic carbocycles. The highest BCUT2D eigenvalue weighted by atomic mass is 32.2. The highest BCUT2D eigenvalue weighted by Crippen LogP contribution is 2.49. The fraction of sp³-hybridized carbons (Fsp3) is 0.560. The number of thioether (sulfide) groups is 1. The van der Waals surface area contributed by atoms with Crippen LogP contribution < -0.4 is 0 Å². The highest BCUT2D eigenvalue weighted by Gasteiger charge is 2.52. The third kappa shape index (κ3) is 4.71. The minimum Gasteiger partial charge on any atom is -0.508 e. The van der Waals surface area contributed by atoms with Crippen molar-refractivity contribution in [3.8, 4) is 5.75 Å². The van der Waals surface area contributed by atoms with Gasteiger partial charge in [0, 0.05) is 50.6 Å². The summed E-state index contributed by atoms with van der Waals surface area (Å²) in [5.41, 5.74) is 0.350. The molecule has 0 spiro atoms. The van der Waals surface area contributed by atoms with Gasteiger partial charge in [-0.15, -0.1) is 18.3 Å². The standard InChI is InChI=1S/C25H37N3O2S/c1-6-13-27-16-20(5)28(17-19(27)4)23(21-10-9-11-22(29)15-21)25(12-14-31-18-25)24(30)26(7-2)8-3/h6,9-12,14-15,19-20,23,29H,1,7-8,13,16-18H2,2-5H3/t19-,20+,23+,25?/m0/s1. The second kappa shape index (κ2) is 10.2. The number of hydrogen-bond acceptors (Lipinski definition) is 5. The molecular formula is C25H37N3O2S. The number of hydrogen-bond donors (Lipinski definition) is 1. The van der Waals surface area contributed by atoms with Gasteiger partial charge in [-0.25, -0.2) is 0 Å². The predicted octanol–water partition coefficient (Wildman–Crippen LogP) is 4.13. The van der Waals surface area contributed by atoms with Gasteiger partial charge in [-0.2, -0.15) is 0 Å². The third-order valence-electron chi connectivity index (χ3n) is 6.77. The van der Waals surface area contributed by atoms with E-state index in [2.05, 4.69) is 47.8 Å². The fourth-order valence-electron chi connectivity index (χ4n) is 5.11. The summed E-state index contributed by atoms with van der Waals surface area (Å²) >= 11 is 1.71. The largest absolute Gasteiger partial charge is 0.508 e. The Balaban J connectivity index is 2.09. The maximum absolute atomic E-state index is 14.0. The molecule has 6 heteroatoms. The topological polar surface area (TPSA) is 47.0 Å². The van der Waals surface area contributed by atoms with Gasteiger partial charge in [-0.1, -0.05) is 24.3 Å². The molecule has 0 aromatic heterocycles. The maximum atomic E-state index is 14.0. The average molecular weight is 444 g/mol. The molecule has 2 aliphatic heterocycles. The lowest BCUT2D eigenvalue weighted by Crippen LogP contribution is -2.61. The molecule has 2 aliphatic rings. The van der Waals surface area contributed by atoms with Crippen LogP contribution in [0.1, 0.15) is 39.3 Å². The molecule has 0 bridgehead atoms. The van der Waals surface area contributed by atoms with Crippen LogP contribution in [0.5, 0.6) is 5.75 Å². The zero-order valence-corrected chi connectivity index (χ0v) is 20.1. The Bertz CT molecular complexity index is 810. The van der Waals surface area contributed by atoms with Crippen LogP contribution >= 0.6 is 11.8 Å². The van der Waals surface area contributed by atoms with E-state index in [1.165, 1.54) is 0 Å². The number of phenols is 1. The number of phenolic OH excluding ortho intramolecular Hbond substituents is 1. The zero-order chi connectivity index (χ0) is 22.6. The van der Waals surface area contributed by atoms with Crippen molar-refractivity contribution in [1.29, 1.82) is 0 Å². The number of amides is 1. The van der Waals surface area contributed by atoms with Crippen LogP contribution in [0.25, 0.3) is 0 Å². The first-order valence-corrected chi connectivity index (χ1v) is 12.4. The van der Waals surface area contributed by atoms with Crippen LogP contribution in [0.4, 0.5) is 0 Å². The summed E-state index contributed by atoms with van der Waals surface area (Å²) < 4.78 is 0. The first-order chi connectivity index (χ1) is 14.9. The summed E-state index contributed by atoms with van der Waals surface area (Å²) in [6, 6.07) is 7.98. The van der Waals surface area contributed by atoms with Gasteiger partial charge in [0.15, 0.2) is 0 Å². The van der Waals surface area contributed by atoms with Gasteiger partial charge in [0.2, 0.25) is 5.91 Å². The second-order valence-corrected chi connectivity index (χ2v) is 9.66. The van der Waals surface area contributed by atoms with E-state index in [4.69, 9.17) is 0 Å². The van der Waals surface area contributed by atoms with Gasteiger partial charge >= 0.3 is 0 Å². The van der Waals surface area contributed by atoms with Gasteiger partial charge in [0.05, 0.1) is 11.5 Å². The fourth-order valence-corrected chi connectivity index (χ4v) is 6.20. The summed E-state index contributed by atoms with van der Waals surface area (Å²) in [5, 5.41) is 12.4. The number of aromatic hydroxyl groups is 1.